The SMILES string of the molecule is C1=Cc2c(c3c(c4cc(-c5ccccc5)ccc24)C=CCC3)CC1.CC. The number of benzene rings is 3. The van der Waals surface area contributed by atoms with E-state index in [1.807, 2.05) is 13.8 Å². The first-order valence-electron chi connectivity index (χ1n) is 9.92. The highest BCUT2D eigenvalue weighted by molar-refractivity contribution is 6.01. The first-order valence-corrected chi connectivity index (χ1v) is 9.92. The second-order valence-electron chi connectivity index (χ2n) is 6.79. The molecule has 0 amide bonds. The van der Waals surface area contributed by atoms with Crippen LogP contribution in [0.4, 0.5) is 0 Å². The highest BCUT2D eigenvalue weighted by atomic mass is 14.2. The van der Waals surface area contributed by atoms with Crippen LogP contribution in [0, 0.1) is 0 Å². The van der Waals surface area contributed by atoms with Crippen LogP contribution in [0.3, 0.4) is 0 Å². The van der Waals surface area contributed by atoms with Gasteiger partial charge >= 0.3 is 0 Å². The lowest BCUT2D eigenvalue weighted by Gasteiger charge is -2.24. The lowest BCUT2D eigenvalue weighted by Crippen LogP contribution is -2.07. The standard InChI is InChI=1S/C24H20.C2H6/c1-2-8-17(9-3-1)18-14-15-23-21-12-5-4-10-19(21)20-11-6-7-13-22(20)24(23)16-18;1-2/h1-3,5,7-9,12-16H,4,6,10-11H2;1-2H3. The van der Waals surface area contributed by atoms with Gasteiger partial charge in [-0.2, -0.15) is 0 Å². The fourth-order valence-electron chi connectivity index (χ4n) is 4.27. The molecule has 130 valence electrons. The van der Waals surface area contributed by atoms with Crippen LogP contribution in [0.2, 0.25) is 0 Å². The van der Waals surface area contributed by atoms with Gasteiger partial charge in [0, 0.05) is 0 Å². The number of fused-ring (bicyclic) bond motifs is 6. The lowest BCUT2D eigenvalue weighted by molar-refractivity contribution is 0.911. The molecule has 0 spiro atoms. The molecule has 0 fully saturated rings. The van der Waals surface area contributed by atoms with E-state index < -0.39 is 0 Å². The Morgan fingerprint density at radius 2 is 1.23 bits per heavy atom. The molecular weight excluding hydrogens is 312 g/mol. The Morgan fingerprint density at radius 1 is 0.615 bits per heavy atom. The van der Waals surface area contributed by atoms with Crippen LogP contribution in [-0.2, 0) is 12.8 Å². The molecule has 2 aliphatic carbocycles. The van der Waals surface area contributed by atoms with Gasteiger partial charge in [-0.3, -0.25) is 0 Å². The minimum atomic E-state index is 1.17. The van der Waals surface area contributed by atoms with Crippen LogP contribution in [0.25, 0.3) is 34.1 Å². The van der Waals surface area contributed by atoms with Crippen molar-refractivity contribution in [1.82, 2.24) is 0 Å². The Balaban J connectivity index is 0.000000814. The van der Waals surface area contributed by atoms with Crippen molar-refractivity contribution in [2.45, 2.75) is 39.5 Å². The maximum Gasteiger partial charge on any atom is -0.00964 e. The van der Waals surface area contributed by atoms with E-state index in [0.29, 0.717) is 0 Å². The van der Waals surface area contributed by atoms with E-state index in [0.717, 1.165) is 0 Å². The smallest absolute Gasteiger partial charge is 0.00964 e. The minimum absolute atomic E-state index is 1.17. The first-order chi connectivity index (χ1) is 12.9. The second-order valence-corrected chi connectivity index (χ2v) is 6.79. The van der Waals surface area contributed by atoms with Gasteiger partial charge in [0.2, 0.25) is 0 Å². The Labute approximate surface area is 156 Å². The van der Waals surface area contributed by atoms with Crippen LogP contribution in [-0.4, -0.2) is 0 Å². The van der Waals surface area contributed by atoms with Gasteiger partial charge in [-0.25, -0.2) is 0 Å². The van der Waals surface area contributed by atoms with E-state index in [2.05, 4.69) is 72.8 Å². The van der Waals surface area contributed by atoms with Crippen molar-refractivity contribution in [1.29, 1.82) is 0 Å². The highest BCUT2D eigenvalue weighted by Gasteiger charge is 2.19. The van der Waals surface area contributed by atoms with Crippen molar-refractivity contribution in [3.8, 4) is 11.1 Å². The highest BCUT2D eigenvalue weighted by Crippen LogP contribution is 2.39. The van der Waals surface area contributed by atoms with E-state index in [-0.39, 0.29) is 0 Å². The zero-order valence-electron chi connectivity index (χ0n) is 15.8. The van der Waals surface area contributed by atoms with Crippen molar-refractivity contribution in [3.05, 3.63) is 82.9 Å². The minimum Gasteiger partial charge on any atom is -0.0836 e. The Kier molecular flexibility index (Phi) is 4.75. The predicted octanol–water partition coefficient (Wildman–Crippen LogP) is 7.45. The summed E-state index contributed by atoms with van der Waals surface area (Å²) in [7, 11) is 0. The molecule has 2 aliphatic rings. The molecule has 0 nitrogen and oxygen atoms in total. The number of hydrogen-bond donors (Lipinski definition) is 0. The molecule has 3 aromatic rings. The Bertz CT molecular complexity index is 988. The molecule has 26 heavy (non-hydrogen) atoms. The average Bonchev–Trinajstić information content (AvgIpc) is 2.76. The molecule has 0 heterocycles. The molecule has 0 unspecified atom stereocenters. The number of hydrogen-bond acceptors (Lipinski definition) is 0. The molecule has 5 rings (SSSR count). The Hall–Kier alpha value is -2.60. The number of rotatable bonds is 1. The summed E-state index contributed by atoms with van der Waals surface area (Å²) in [6, 6.07) is 17.7. The van der Waals surface area contributed by atoms with Crippen LogP contribution < -0.4 is 0 Å². The first kappa shape index (κ1) is 16.8. The molecule has 0 saturated heterocycles. The third kappa shape index (κ3) is 2.80. The molecule has 0 N–H and O–H groups in total. The largest absolute Gasteiger partial charge is 0.0836 e. The van der Waals surface area contributed by atoms with Crippen molar-refractivity contribution in [2.75, 3.05) is 0 Å². The van der Waals surface area contributed by atoms with Crippen LogP contribution in [0.5, 0.6) is 0 Å². The molecule has 0 heteroatoms. The third-order valence-corrected chi connectivity index (χ3v) is 5.41. The molecule has 0 atom stereocenters. The van der Waals surface area contributed by atoms with Crippen molar-refractivity contribution < 1.29 is 0 Å². The monoisotopic (exact) mass is 338 g/mol. The maximum atomic E-state index is 2.39. The predicted molar refractivity (Wildman–Crippen MR) is 115 cm³/mol. The van der Waals surface area contributed by atoms with E-state index >= 15 is 0 Å². The molecule has 0 aromatic heterocycles. The normalized spacial score (nSPS) is 14.4. The van der Waals surface area contributed by atoms with Crippen molar-refractivity contribution in [3.63, 3.8) is 0 Å². The zero-order valence-corrected chi connectivity index (χ0v) is 15.8. The van der Waals surface area contributed by atoms with Crippen LogP contribution in [0.15, 0.2) is 60.7 Å². The van der Waals surface area contributed by atoms with Crippen LogP contribution >= 0.6 is 0 Å². The zero-order chi connectivity index (χ0) is 17.9. The van der Waals surface area contributed by atoms with E-state index in [9.17, 15) is 0 Å². The van der Waals surface area contributed by atoms with Gasteiger partial charge in [-0.15, -0.1) is 0 Å². The van der Waals surface area contributed by atoms with Gasteiger partial charge < -0.3 is 0 Å². The van der Waals surface area contributed by atoms with Gasteiger partial charge in [0.25, 0.3) is 0 Å². The number of allylic oxidation sites excluding steroid dienone is 2. The van der Waals surface area contributed by atoms with Crippen LogP contribution in [0.1, 0.15) is 48.9 Å². The second kappa shape index (κ2) is 7.33. The van der Waals surface area contributed by atoms with Gasteiger partial charge in [0.05, 0.1) is 0 Å². The summed E-state index contributed by atoms with van der Waals surface area (Å²) in [5.41, 5.74) is 8.71. The fourth-order valence-corrected chi connectivity index (χ4v) is 4.27. The van der Waals surface area contributed by atoms with E-state index in [4.69, 9.17) is 0 Å². The van der Waals surface area contributed by atoms with Gasteiger partial charge in [-0.05, 0) is 75.9 Å². The fraction of sp³-hybridized carbons (Fsp3) is 0.231. The van der Waals surface area contributed by atoms with Crippen molar-refractivity contribution in [2.24, 2.45) is 0 Å². The summed E-state index contributed by atoms with van der Waals surface area (Å²) in [6.07, 6.45) is 14.1. The molecule has 0 aliphatic heterocycles. The average molecular weight is 338 g/mol. The molecular formula is C26H26. The van der Waals surface area contributed by atoms with Gasteiger partial charge in [0.1, 0.15) is 0 Å². The van der Waals surface area contributed by atoms with E-state index in [1.165, 1.54) is 58.7 Å². The molecule has 3 aromatic carbocycles. The third-order valence-electron chi connectivity index (χ3n) is 5.41. The van der Waals surface area contributed by atoms with Crippen molar-refractivity contribution >= 4 is 22.9 Å². The van der Waals surface area contributed by atoms with Gasteiger partial charge in [0.15, 0.2) is 0 Å². The molecule has 0 bridgehead atoms. The molecule has 0 saturated carbocycles. The molecule has 0 radical (unpaired) electrons. The summed E-state index contributed by atoms with van der Waals surface area (Å²) < 4.78 is 0. The maximum absolute atomic E-state index is 2.39. The summed E-state index contributed by atoms with van der Waals surface area (Å²) >= 11 is 0. The summed E-state index contributed by atoms with van der Waals surface area (Å²) in [6.45, 7) is 4.00. The topological polar surface area (TPSA) is 0 Å². The van der Waals surface area contributed by atoms with Gasteiger partial charge in [-0.1, -0.05) is 80.6 Å². The summed E-state index contributed by atoms with van der Waals surface area (Å²) in [5.74, 6) is 0. The lowest BCUT2D eigenvalue weighted by atomic mass is 9.80. The Morgan fingerprint density at radius 3 is 1.88 bits per heavy atom. The summed E-state index contributed by atoms with van der Waals surface area (Å²) in [4.78, 5) is 0. The van der Waals surface area contributed by atoms with E-state index in [1.54, 1.807) is 11.1 Å². The quantitative estimate of drug-likeness (QED) is 0.432. The summed E-state index contributed by atoms with van der Waals surface area (Å²) in [5, 5.41) is 2.82.